The maximum atomic E-state index is 6.01. The minimum atomic E-state index is 0. The molecule has 0 radical (unpaired) electrons. The van der Waals surface area contributed by atoms with E-state index in [-0.39, 0.29) is 24.0 Å². The lowest BCUT2D eigenvalue weighted by atomic mass is 9.98. The van der Waals surface area contributed by atoms with Gasteiger partial charge in [-0.3, -0.25) is 9.67 Å². The molecule has 6 nitrogen and oxygen atoms in total. The predicted octanol–water partition coefficient (Wildman–Crippen LogP) is 4.73. The zero-order valence-electron chi connectivity index (χ0n) is 18.8. The lowest BCUT2D eigenvalue weighted by Crippen LogP contribution is -2.37. The van der Waals surface area contributed by atoms with Crippen molar-refractivity contribution in [2.75, 3.05) is 20.2 Å². The van der Waals surface area contributed by atoms with E-state index in [0.717, 1.165) is 45.0 Å². The van der Waals surface area contributed by atoms with Crippen LogP contribution in [0.5, 0.6) is 0 Å². The zero-order chi connectivity index (χ0) is 20.9. The van der Waals surface area contributed by atoms with Crippen LogP contribution in [0.2, 0.25) is 0 Å². The predicted molar refractivity (Wildman–Crippen MR) is 138 cm³/mol. The Bertz CT molecular complexity index is 744. The molecule has 1 aromatic heterocycles. The highest BCUT2D eigenvalue weighted by atomic mass is 127. The van der Waals surface area contributed by atoms with E-state index in [1.54, 1.807) is 0 Å². The smallest absolute Gasteiger partial charge is 0.191 e. The summed E-state index contributed by atoms with van der Waals surface area (Å²) in [7, 11) is 1.82. The molecule has 172 valence electrons. The minimum Gasteiger partial charge on any atom is -0.378 e. The molecule has 0 atom stereocenters. The molecule has 0 spiro atoms. The highest BCUT2D eigenvalue weighted by molar-refractivity contribution is 14.0. The number of ether oxygens (including phenoxy) is 1. The Morgan fingerprint density at radius 1 is 1.06 bits per heavy atom. The van der Waals surface area contributed by atoms with Gasteiger partial charge in [-0.1, -0.05) is 43.5 Å². The summed E-state index contributed by atoms with van der Waals surface area (Å²) in [5.74, 6) is 0.849. The lowest BCUT2D eigenvalue weighted by molar-refractivity contribution is 0.0264. The molecule has 3 rings (SSSR count). The highest BCUT2D eigenvalue weighted by Crippen LogP contribution is 2.20. The van der Waals surface area contributed by atoms with Crippen molar-refractivity contribution in [3.05, 3.63) is 53.9 Å². The van der Waals surface area contributed by atoms with Crippen LogP contribution < -0.4 is 10.6 Å². The normalized spacial score (nSPS) is 14.8. The fourth-order valence-corrected chi connectivity index (χ4v) is 3.94. The molecule has 0 aliphatic heterocycles. The molecule has 0 unspecified atom stereocenters. The first-order chi connectivity index (χ1) is 14.8. The summed E-state index contributed by atoms with van der Waals surface area (Å²) < 4.78 is 7.95. The molecular formula is C24H38IN5O. The second-order valence-electron chi connectivity index (χ2n) is 8.02. The lowest BCUT2D eigenvalue weighted by Gasteiger charge is -2.21. The van der Waals surface area contributed by atoms with Crippen molar-refractivity contribution in [2.24, 2.45) is 4.99 Å². The van der Waals surface area contributed by atoms with Crippen LogP contribution >= 0.6 is 24.0 Å². The van der Waals surface area contributed by atoms with Gasteiger partial charge in [0.05, 0.1) is 12.6 Å². The van der Waals surface area contributed by atoms with Gasteiger partial charge in [-0.05, 0) is 49.3 Å². The highest BCUT2D eigenvalue weighted by Gasteiger charge is 2.12. The Hall–Kier alpha value is -1.61. The third kappa shape index (κ3) is 9.60. The van der Waals surface area contributed by atoms with Gasteiger partial charge in [-0.2, -0.15) is 5.10 Å². The number of nitrogens with one attached hydrogen (secondary N) is 2. The van der Waals surface area contributed by atoms with Crippen LogP contribution in [0.15, 0.2) is 47.7 Å². The van der Waals surface area contributed by atoms with Crippen LogP contribution in [-0.2, 0) is 17.8 Å². The van der Waals surface area contributed by atoms with E-state index < -0.39 is 0 Å². The van der Waals surface area contributed by atoms with Gasteiger partial charge in [0.25, 0.3) is 0 Å². The molecule has 1 aromatic carbocycles. The van der Waals surface area contributed by atoms with Crippen LogP contribution in [0.3, 0.4) is 0 Å². The molecule has 0 bridgehead atoms. The second-order valence-corrected chi connectivity index (χ2v) is 8.02. The Labute approximate surface area is 204 Å². The maximum Gasteiger partial charge on any atom is 0.191 e. The number of halogens is 1. The summed E-state index contributed by atoms with van der Waals surface area (Å²) >= 11 is 0. The van der Waals surface area contributed by atoms with E-state index in [1.165, 1.54) is 49.7 Å². The van der Waals surface area contributed by atoms with Crippen molar-refractivity contribution in [1.29, 1.82) is 0 Å². The van der Waals surface area contributed by atoms with Gasteiger partial charge in [-0.15, -0.1) is 24.0 Å². The van der Waals surface area contributed by atoms with Crippen LogP contribution in [0.1, 0.15) is 62.5 Å². The Balaban J connectivity index is 0.00000341. The number of hydrogen-bond acceptors (Lipinski definition) is 3. The first kappa shape index (κ1) is 25.6. The topological polar surface area (TPSA) is 63.5 Å². The van der Waals surface area contributed by atoms with E-state index in [1.807, 2.05) is 30.2 Å². The molecule has 2 N–H and O–H groups in total. The number of unbranched alkanes of at least 4 members (excludes halogenated alkanes) is 2. The largest absolute Gasteiger partial charge is 0.378 e. The molecule has 2 aromatic rings. The van der Waals surface area contributed by atoms with Gasteiger partial charge < -0.3 is 15.4 Å². The third-order valence-corrected chi connectivity index (χ3v) is 5.70. The molecule has 0 amide bonds. The van der Waals surface area contributed by atoms with Crippen molar-refractivity contribution in [1.82, 2.24) is 20.4 Å². The van der Waals surface area contributed by atoms with Gasteiger partial charge in [0.2, 0.25) is 0 Å². The number of hydrogen-bond donors (Lipinski definition) is 2. The first-order valence-electron chi connectivity index (χ1n) is 11.5. The zero-order valence-corrected chi connectivity index (χ0v) is 21.1. The van der Waals surface area contributed by atoms with Crippen LogP contribution in [0.4, 0.5) is 0 Å². The Kier molecular flexibility index (Phi) is 12.6. The van der Waals surface area contributed by atoms with E-state index in [9.17, 15) is 0 Å². The summed E-state index contributed by atoms with van der Waals surface area (Å²) in [6, 6.07) is 10.4. The van der Waals surface area contributed by atoms with Crippen LogP contribution in [0, 0.1) is 0 Å². The molecule has 1 saturated carbocycles. The third-order valence-electron chi connectivity index (χ3n) is 5.70. The maximum absolute atomic E-state index is 6.01. The van der Waals surface area contributed by atoms with E-state index in [0.29, 0.717) is 6.10 Å². The molecule has 1 heterocycles. The van der Waals surface area contributed by atoms with E-state index in [2.05, 4.69) is 45.0 Å². The van der Waals surface area contributed by atoms with Gasteiger partial charge in [0.1, 0.15) is 0 Å². The van der Waals surface area contributed by atoms with Crippen molar-refractivity contribution in [3.63, 3.8) is 0 Å². The molecule has 7 heteroatoms. The van der Waals surface area contributed by atoms with Crippen molar-refractivity contribution < 1.29 is 4.74 Å². The molecular weight excluding hydrogens is 501 g/mol. The average molecular weight is 540 g/mol. The fourth-order valence-electron chi connectivity index (χ4n) is 3.94. The van der Waals surface area contributed by atoms with Gasteiger partial charge in [0.15, 0.2) is 5.96 Å². The van der Waals surface area contributed by atoms with E-state index in [4.69, 9.17) is 4.74 Å². The monoisotopic (exact) mass is 539 g/mol. The number of aliphatic imine (C=N–C) groups is 1. The fraction of sp³-hybridized carbons (Fsp3) is 0.583. The number of nitrogens with zero attached hydrogens (tertiary/aromatic N) is 3. The SMILES string of the molecule is CN=C(NCCCCCOC1CCCCC1)NCc1ccccc1Cn1cccn1.I. The number of benzene rings is 1. The van der Waals surface area contributed by atoms with Crippen molar-refractivity contribution in [2.45, 2.75) is 70.6 Å². The number of rotatable bonds is 11. The first-order valence-corrected chi connectivity index (χ1v) is 11.5. The number of aromatic nitrogens is 2. The standard InChI is InChI=1S/C24H37N5O.HI/c1-25-24(26-15-8-3-9-18-30-23-13-4-2-5-14-23)27-19-21-11-6-7-12-22(21)20-29-17-10-16-28-29;/h6-7,10-12,16-17,23H,2-5,8-9,13-15,18-20H2,1H3,(H2,25,26,27);1H. The second kappa shape index (κ2) is 15.2. The average Bonchev–Trinajstić information content (AvgIpc) is 3.30. The van der Waals surface area contributed by atoms with Crippen LogP contribution in [0.25, 0.3) is 0 Å². The minimum absolute atomic E-state index is 0. The summed E-state index contributed by atoms with van der Waals surface area (Å²) in [5.41, 5.74) is 2.53. The summed E-state index contributed by atoms with van der Waals surface area (Å²) in [5, 5.41) is 11.2. The Morgan fingerprint density at radius 3 is 2.61 bits per heavy atom. The molecule has 1 aliphatic rings. The summed E-state index contributed by atoms with van der Waals surface area (Å²) in [6.45, 7) is 3.36. The summed E-state index contributed by atoms with van der Waals surface area (Å²) in [6.07, 6.45) is 14.4. The number of guanidine groups is 1. The van der Waals surface area contributed by atoms with Gasteiger partial charge >= 0.3 is 0 Å². The molecule has 31 heavy (non-hydrogen) atoms. The van der Waals surface area contributed by atoms with Crippen molar-refractivity contribution in [3.8, 4) is 0 Å². The molecule has 1 fully saturated rings. The van der Waals surface area contributed by atoms with Crippen LogP contribution in [-0.4, -0.2) is 42.0 Å². The quantitative estimate of drug-likeness (QED) is 0.188. The Morgan fingerprint density at radius 2 is 1.87 bits per heavy atom. The van der Waals surface area contributed by atoms with Crippen molar-refractivity contribution >= 4 is 29.9 Å². The molecule has 1 aliphatic carbocycles. The van der Waals surface area contributed by atoms with E-state index >= 15 is 0 Å². The molecule has 0 saturated heterocycles. The van der Waals surface area contributed by atoms with Gasteiger partial charge in [0, 0.05) is 39.1 Å². The summed E-state index contributed by atoms with van der Waals surface area (Å²) in [4.78, 5) is 4.36. The van der Waals surface area contributed by atoms with Gasteiger partial charge in [-0.25, -0.2) is 0 Å².